The molecule has 0 aliphatic carbocycles. The molecular weight excluding hydrogens is 198 g/mol. The molecule has 1 aromatic rings. The van der Waals surface area contributed by atoms with Crippen molar-refractivity contribution in [3.05, 3.63) is 35.4 Å². The molecule has 1 rings (SSSR count). The summed E-state index contributed by atoms with van der Waals surface area (Å²) in [5, 5.41) is 0. The highest BCUT2D eigenvalue weighted by Crippen LogP contribution is 2.13. The third kappa shape index (κ3) is 4.05. The predicted octanol–water partition coefficient (Wildman–Crippen LogP) is 3.25. The van der Waals surface area contributed by atoms with Crippen molar-refractivity contribution in [3.8, 4) is 0 Å². The van der Waals surface area contributed by atoms with Crippen molar-refractivity contribution in [1.29, 1.82) is 0 Å². The first-order valence-electron chi connectivity index (χ1n) is 5.43. The van der Waals surface area contributed by atoms with Crippen molar-refractivity contribution < 1.29 is 4.79 Å². The topological polar surface area (TPSA) is 20.3 Å². The maximum atomic E-state index is 11.1. The molecule has 0 unspecified atom stereocenters. The zero-order chi connectivity index (χ0) is 11.3. The summed E-state index contributed by atoms with van der Waals surface area (Å²) in [6, 6.07) is 8.34. The van der Waals surface area contributed by atoms with Crippen molar-refractivity contribution in [2.45, 2.75) is 40.7 Å². The summed E-state index contributed by atoms with van der Waals surface area (Å²) in [5.41, 5.74) is 2.62. The van der Waals surface area contributed by atoms with Gasteiger partial charge in [0.15, 0.2) is 0 Å². The minimum atomic E-state index is 0. The molecule has 0 aliphatic rings. The molecule has 16 heavy (non-hydrogen) atoms. The first kappa shape index (κ1) is 14.7. The zero-order valence-corrected chi connectivity index (χ0v) is 9.79. The van der Waals surface area contributed by atoms with Gasteiger partial charge in [-0.3, -0.25) is 4.79 Å². The Morgan fingerprint density at radius 2 is 1.81 bits per heavy atom. The minimum absolute atomic E-state index is 0. The van der Waals surface area contributed by atoms with Crippen LogP contribution in [0.4, 0.5) is 0 Å². The molecule has 0 fully saturated rings. The fourth-order valence-electron chi connectivity index (χ4n) is 1.59. The van der Waals surface area contributed by atoms with Gasteiger partial charge in [0.05, 0.1) is 0 Å². The van der Waals surface area contributed by atoms with Crippen molar-refractivity contribution in [2.75, 3.05) is 7.05 Å². The van der Waals surface area contributed by atoms with Gasteiger partial charge >= 0.3 is 0 Å². The maximum absolute atomic E-state index is 11.1. The van der Waals surface area contributed by atoms with Crippen LogP contribution in [0.3, 0.4) is 0 Å². The van der Waals surface area contributed by atoms with E-state index in [1.807, 2.05) is 13.1 Å². The molecule has 0 radical (unpaired) electrons. The summed E-state index contributed by atoms with van der Waals surface area (Å²) in [5.74, 6) is 0.112. The van der Waals surface area contributed by atoms with E-state index in [1.165, 1.54) is 11.1 Å². The summed E-state index contributed by atoms with van der Waals surface area (Å²) in [6.45, 7) is 4.49. The van der Waals surface area contributed by atoms with E-state index in [1.54, 1.807) is 11.8 Å². The highest BCUT2D eigenvalue weighted by molar-refractivity contribution is 5.72. The smallest absolute Gasteiger partial charge is 0.219 e. The van der Waals surface area contributed by atoms with Crippen molar-refractivity contribution in [2.24, 2.45) is 0 Å². The van der Waals surface area contributed by atoms with Gasteiger partial charge in [0.2, 0.25) is 5.91 Å². The van der Waals surface area contributed by atoms with Crippen LogP contribution in [0.1, 0.15) is 38.8 Å². The molecule has 0 N–H and O–H groups in total. The normalized spacial score (nSPS) is 9.44. The van der Waals surface area contributed by atoms with Gasteiger partial charge in [0.1, 0.15) is 0 Å². The van der Waals surface area contributed by atoms with Gasteiger partial charge in [-0.1, -0.05) is 45.0 Å². The van der Waals surface area contributed by atoms with Crippen molar-refractivity contribution in [3.63, 3.8) is 0 Å². The fourth-order valence-corrected chi connectivity index (χ4v) is 1.59. The summed E-state index contributed by atoms with van der Waals surface area (Å²) in [4.78, 5) is 12.9. The Labute approximate surface area is 99.3 Å². The molecule has 0 saturated carbocycles. The van der Waals surface area contributed by atoms with E-state index in [4.69, 9.17) is 0 Å². The second-order valence-corrected chi connectivity index (χ2v) is 3.89. The molecule has 0 saturated heterocycles. The molecule has 1 aromatic carbocycles. The van der Waals surface area contributed by atoms with Crippen LogP contribution in [-0.4, -0.2) is 17.9 Å². The van der Waals surface area contributed by atoms with Gasteiger partial charge < -0.3 is 4.90 Å². The standard InChI is InChI=1S/C13H19NO.CH4/c1-4-7-12-8-5-6-9-13(12)10-14(3)11(2)15;/h5-6,8-9H,4,7,10H2,1-3H3;1H4. The Bertz CT molecular complexity index is 333. The number of hydrogen-bond donors (Lipinski definition) is 0. The number of aryl methyl sites for hydroxylation is 1. The summed E-state index contributed by atoms with van der Waals surface area (Å²) in [7, 11) is 1.84. The number of nitrogens with zero attached hydrogens (tertiary/aromatic N) is 1. The van der Waals surface area contributed by atoms with E-state index in [9.17, 15) is 4.79 Å². The van der Waals surface area contributed by atoms with E-state index < -0.39 is 0 Å². The number of rotatable bonds is 4. The average Bonchev–Trinajstić information content (AvgIpc) is 2.21. The zero-order valence-electron chi connectivity index (χ0n) is 9.79. The van der Waals surface area contributed by atoms with Crippen molar-refractivity contribution >= 4 is 5.91 Å². The van der Waals surface area contributed by atoms with E-state index >= 15 is 0 Å². The molecular formula is C14H23NO. The van der Waals surface area contributed by atoms with Crippen LogP contribution >= 0.6 is 0 Å². The third-order valence-corrected chi connectivity index (χ3v) is 2.58. The molecule has 0 spiro atoms. The highest BCUT2D eigenvalue weighted by Gasteiger charge is 2.06. The molecule has 0 bridgehead atoms. The molecule has 90 valence electrons. The van der Waals surface area contributed by atoms with E-state index in [0.717, 1.165) is 12.8 Å². The van der Waals surface area contributed by atoms with Crippen LogP contribution in [0, 0.1) is 0 Å². The lowest BCUT2D eigenvalue weighted by Crippen LogP contribution is -2.23. The summed E-state index contributed by atoms with van der Waals surface area (Å²) in [6.07, 6.45) is 2.22. The van der Waals surface area contributed by atoms with Crippen LogP contribution in [0.5, 0.6) is 0 Å². The van der Waals surface area contributed by atoms with Gasteiger partial charge in [-0.2, -0.15) is 0 Å². The monoisotopic (exact) mass is 221 g/mol. The Kier molecular flexibility index (Phi) is 6.47. The van der Waals surface area contributed by atoms with E-state index in [-0.39, 0.29) is 13.3 Å². The van der Waals surface area contributed by atoms with E-state index in [2.05, 4.69) is 25.1 Å². The van der Waals surface area contributed by atoms with Gasteiger partial charge in [0, 0.05) is 20.5 Å². The largest absolute Gasteiger partial charge is 0.342 e. The quantitative estimate of drug-likeness (QED) is 0.764. The SMILES string of the molecule is C.CCCc1ccccc1CN(C)C(C)=O. The summed E-state index contributed by atoms with van der Waals surface area (Å²) >= 11 is 0. The molecule has 0 aromatic heterocycles. The number of carbonyl (C=O) groups excluding carboxylic acids is 1. The third-order valence-electron chi connectivity index (χ3n) is 2.58. The Morgan fingerprint density at radius 1 is 1.25 bits per heavy atom. The maximum Gasteiger partial charge on any atom is 0.219 e. The first-order valence-corrected chi connectivity index (χ1v) is 5.43. The molecule has 2 heteroatoms. The van der Waals surface area contributed by atoms with Crippen molar-refractivity contribution in [1.82, 2.24) is 4.90 Å². The molecule has 2 nitrogen and oxygen atoms in total. The second-order valence-electron chi connectivity index (χ2n) is 3.89. The lowest BCUT2D eigenvalue weighted by molar-refractivity contribution is -0.128. The Hall–Kier alpha value is -1.31. The molecule has 1 amide bonds. The lowest BCUT2D eigenvalue weighted by Gasteiger charge is -2.17. The lowest BCUT2D eigenvalue weighted by atomic mass is 10.0. The van der Waals surface area contributed by atoms with Gasteiger partial charge in [-0.15, -0.1) is 0 Å². The summed E-state index contributed by atoms with van der Waals surface area (Å²) < 4.78 is 0. The highest BCUT2D eigenvalue weighted by atomic mass is 16.2. The average molecular weight is 221 g/mol. The Morgan fingerprint density at radius 3 is 2.31 bits per heavy atom. The van der Waals surface area contributed by atoms with Gasteiger partial charge in [-0.05, 0) is 17.5 Å². The number of hydrogen-bond acceptors (Lipinski definition) is 1. The number of benzene rings is 1. The first-order chi connectivity index (χ1) is 7.15. The van der Waals surface area contributed by atoms with Gasteiger partial charge in [0.25, 0.3) is 0 Å². The Balaban J connectivity index is 0.00000225. The van der Waals surface area contributed by atoms with Crippen LogP contribution in [0.15, 0.2) is 24.3 Å². The minimum Gasteiger partial charge on any atom is -0.342 e. The van der Waals surface area contributed by atoms with Crippen LogP contribution in [-0.2, 0) is 17.8 Å². The van der Waals surface area contributed by atoms with Crippen LogP contribution in [0.2, 0.25) is 0 Å². The van der Waals surface area contributed by atoms with Crippen LogP contribution in [0.25, 0.3) is 0 Å². The predicted molar refractivity (Wildman–Crippen MR) is 69.3 cm³/mol. The van der Waals surface area contributed by atoms with Crippen LogP contribution < -0.4 is 0 Å². The number of carbonyl (C=O) groups is 1. The number of amides is 1. The fraction of sp³-hybridized carbons (Fsp3) is 0.500. The second kappa shape index (κ2) is 7.04. The van der Waals surface area contributed by atoms with Gasteiger partial charge in [-0.25, -0.2) is 0 Å². The molecule has 0 atom stereocenters. The van der Waals surface area contributed by atoms with E-state index in [0.29, 0.717) is 6.54 Å². The molecule has 0 aliphatic heterocycles. The molecule has 0 heterocycles.